The van der Waals surface area contributed by atoms with Crippen LogP contribution in [0.25, 0.3) is 22.4 Å². The molecule has 0 aliphatic heterocycles. The molecule has 3 aromatic heterocycles. The van der Waals surface area contributed by atoms with Crippen LogP contribution in [0.2, 0.25) is 0 Å². The van der Waals surface area contributed by atoms with Crippen molar-refractivity contribution in [1.29, 1.82) is 0 Å². The van der Waals surface area contributed by atoms with Gasteiger partial charge in [-0.3, -0.25) is 9.97 Å². The zero-order valence-corrected chi connectivity index (χ0v) is 8.81. The summed E-state index contributed by atoms with van der Waals surface area (Å²) in [6.45, 7) is 1.96. The van der Waals surface area contributed by atoms with Gasteiger partial charge in [0, 0.05) is 23.7 Å². The molecule has 0 bridgehead atoms. The van der Waals surface area contributed by atoms with Crippen molar-refractivity contribution in [1.82, 2.24) is 19.9 Å². The van der Waals surface area contributed by atoms with E-state index in [1.807, 2.05) is 31.3 Å². The van der Waals surface area contributed by atoms with Crippen LogP contribution in [0, 0.1) is 6.92 Å². The van der Waals surface area contributed by atoms with Crippen molar-refractivity contribution in [3.05, 3.63) is 42.5 Å². The first-order valence-corrected chi connectivity index (χ1v) is 5.06. The standard InChI is InChI=1S/C12H10N4/c1-8-2-3-9(6-14-8)12-15-10-4-5-13-7-11(10)16-12/h2-7H,1H3,(H,15,16). The van der Waals surface area contributed by atoms with E-state index in [-0.39, 0.29) is 0 Å². The van der Waals surface area contributed by atoms with Crippen LogP contribution in [0.1, 0.15) is 5.69 Å². The number of rotatable bonds is 1. The van der Waals surface area contributed by atoms with Crippen molar-refractivity contribution in [2.45, 2.75) is 6.92 Å². The highest BCUT2D eigenvalue weighted by Gasteiger charge is 2.04. The molecule has 4 nitrogen and oxygen atoms in total. The quantitative estimate of drug-likeness (QED) is 0.670. The minimum absolute atomic E-state index is 0.829. The number of hydrogen-bond acceptors (Lipinski definition) is 3. The average Bonchev–Trinajstić information content (AvgIpc) is 2.73. The summed E-state index contributed by atoms with van der Waals surface area (Å²) in [5.74, 6) is 0.829. The molecule has 0 aliphatic carbocycles. The molecule has 1 N–H and O–H groups in total. The number of aryl methyl sites for hydroxylation is 1. The maximum Gasteiger partial charge on any atom is 0.140 e. The minimum atomic E-state index is 0.829. The second kappa shape index (κ2) is 3.41. The highest BCUT2D eigenvalue weighted by molar-refractivity contribution is 5.78. The first kappa shape index (κ1) is 9.03. The molecule has 4 heteroatoms. The Morgan fingerprint density at radius 3 is 2.81 bits per heavy atom. The molecule has 0 atom stereocenters. The molecule has 0 aliphatic rings. The molecular weight excluding hydrogens is 200 g/mol. The van der Waals surface area contributed by atoms with Gasteiger partial charge in [-0.15, -0.1) is 0 Å². The summed E-state index contributed by atoms with van der Waals surface area (Å²) in [6, 6.07) is 5.87. The van der Waals surface area contributed by atoms with E-state index in [1.54, 1.807) is 12.4 Å². The second-order valence-corrected chi connectivity index (χ2v) is 3.67. The number of aromatic nitrogens is 4. The molecule has 3 aromatic rings. The monoisotopic (exact) mass is 210 g/mol. The molecule has 3 rings (SSSR count). The Bertz CT molecular complexity index is 592. The van der Waals surface area contributed by atoms with Crippen LogP contribution in [-0.4, -0.2) is 19.9 Å². The zero-order chi connectivity index (χ0) is 11.0. The van der Waals surface area contributed by atoms with E-state index in [0.717, 1.165) is 28.1 Å². The van der Waals surface area contributed by atoms with Gasteiger partial charge in [0.25, 0.3) is 0 Å². The number of hydrogen-bond donors (Lipinski definition) is 1. The van der Waals surface area contributed by atoms with E-state index >= 15 is 0 Å². The fraction of sp³-hybridized carbons (Fsp3) is 0.0833. The number of imidazole rings is 1. The van der Waals surface area contributed by atoms with Crippen molar-refractivity contribution in [3.63, 3.8) is 0 Å². The molecule has 16 heavy (non-hydrogen) atoms. The molecule has 0 fully saturated rings. The van der Waals surface area contributed by atoms with E-state index in [1.165, 1.54) is 0 Å². The smallest absolute Gasteiger partial charge is 0.140 e. The number of nitrogens with zero attached hydrogens (tertiary/aromatic N) is 3. The molecule has 0 spiro atoms. The molecule has 0 saturated heterocycles. The molecule has 3 heterocycles. The van der Waals surface area contributed by atoms with Gasteiger partial charge in [-0.25, -0.2) is 4.98 Å². The van der Waals surface area contributed by atoms with Gasteiger partial charge in [-0.2, -0.15) is 0 Å². The Hall–Kier alpha value is -2.23. The van der Waals surface area contributed by atoms with Gasteiger partial charge in [0.05, 0.1) is 17.2 Å². The molecule has 0 saturated carbocycles. The van der Waals surface area contributed by atoms with E-state index in [9.17, 15) is 0 Å². The van der Waals surface area contributed by atoms with E-state index in [0.29, 0.717) is 0 Å². The summed E-state index contributed by atoms with van der Waals surface area (Å²) >= 11 is 0. The Kier molecular flexibility index (Phi) is 1.93. The number of fused-ring (bicyclic) bond motifs is 1. The lowest BCUT2D eigenvalue weighted by Gasteiger charge is -1.95. The van der Waals surface area contributed by atoms with E-state index in [4.69, 9.17) is 0 Å². The van der Waals surface area contributed by atoms with Crippen molar-refractivity contribution >= 4 is 11.0 Å². The fourth-order valence-corrected chi connectivity index (χ4v) is 1.60. The molecule has 0 radical (unpaired) electrons. The summed E-state index contributed by atoms with van der Waals surface area (Å²) in [7, 11) is 0. The number of pyridine rings is 2. The van der Waals surface area contributed by atoms with Gasteiger partial charge in [-0.05, 0) is 25.1 Å². The van der Waals surface area contributed by atoms with Crippen LogP contribution in [0.5, 0.6) is 0 Å². The molecule has 78 valence electrons. The first-order valence-electron chi connectivity index (χ1n) is 5.06. The van der Waals surface area contributed by atoms with Crippen LogP contribution in [0.3, 0.4) is 0 Å². The molecule has 0 amide bonds. The largest absolute Gasteiger partial charge is 0.337 e. The maximum absolute atomic E-state index is 4.48. The van der Waals surface area contributed by atoms with Gasteiger partial charge < -0.3 is 4.98 Å². The predicted molar refractivity (Wildman–Crippen MR) is 61.9 cm³/mol. The van der Waals surface area contributed by atoms with Gasteiger partial charge in [-0.1, -0.05) is 0 Å². The van der Waals surface area contributed by atoms with Gasteiger partial charge in [0.1, 0.15) is 5.82 Å². The van der Waals surface area contributed by atoms with Crippen LogP contribution in [-0.2, 0) is 0 Å². The fourth-order valence-electron chi connectivity index (χ4n) is 1.60. The maximum atomic E-state index is 4.48. The highest BCUT2D eigenvalue weighted by Crippen LogP contribution is 2.18. The van der Waals surface area contributed by atoms with Crippen LogP contribution in [0.15, 0.2) is 36.8 Å². The molecule has 0 aromatic carbocycles. The number of H-pyrrole nitrogens is 1. The van der Waals surface area contributed by atoms with Crippen LogP contribution in [0.4, 0.5) is 0 Å². The normalized spacial score (nSPS) is 10.8. The molecular formula is C12H10N4. The predicted octanol–water partition coefficient (Wildman–Crippen LogP) is 2.33. The lowest BCUT2D eigenvalue weighted by atomic mass is 10.2. The molecule has 0 unspecified atom stereocenters. The van der Waals surface area contributed by atoms with Crippen molar-refractivity contribution in [2.75, 3.05) is 0 Å². The lowest BCUT2D eigenvalue weighted by molar-refractivity contribution is 1.19. The van der Waals surface area contributed by atoms with Crippen molar-refractivity contribution in [2.24, 2.45) is 0 Å². The summed E-state index contributed by atoms with van der Waals surface area (Å²) in [6.07, 6.45) is 5.33. The van der Waals surface area contributed by atoms with Crippen LogP contribution < -0.4 is 0 Å². The second-order valence-electron chi connectivity index (χ2n) is 3.67. The van der Waals surface area contributed by atoms with Crippen molar-refractivity contribution in [3.8, 4) is 11.4 Å². The summed E-state index contributed by atoms with van der Waals surface area (Å²) < 4.78 is 0. The van der Waals surface area contributed by atoms with E-state index < -0.39 is 0 Å². The van der Waals surface area contributed by atoms with Gasteiger partial charge in [0.2, 0.25) is 0 Å². The van der Waals surface area contributed by atoms with Gasteiger partial charge >= 0.3 is 0 Å². The Morgan fingerprint density at radius 2 is 2.06 bits per heavy atom. The highest BCUT2D eigenvalue weighted by atomic mass is 14.9. The number of nitrogens with one attached hydrogen (secondary N) is 1. The van der Waals surface area contributed by atoms with Crippen molar-refractivity contribution < 1.29 is 0 Å². The van der Waals surface area contributed by atoms with Crippen LogP contribution >= 0.6 is 0 Å². The Morgan fingerprint density at radius 1 is 1.12 bits per heavy atom. The summed E-state index contributed by atoms with van der Waals surface area (Å²) in [4.78, 5) is 16.0. The SMILES string of the molecule is Cc1ccc(-c2nc3ccncc3[nH]2)cn1. The Labute approximate surface area is 92.4 Å². The van der Waals surface area contributed by atoms with Gasteiger partial charge in [0.15, 0.2) is 0 Å². The topological polar surface area (TPSA) is 54.5 Å². The minimum Gasteiger partial charge on any atom is -0.337 e. The third-order valence-electron chi connectivity index (χ3n) is 2.47. The average molecular weight is 210 g/mol. The zero-order valence-electron chi connectivity index (χ0n) is 8.81. The summed E-state index contributed by atoms with van der Waals surface area (Å²) in [5.41, 5.74) is 3.85. The Balaban J connectivity index is 2.15. The third kappa shape index (κ3) is 1.44. The lowest BCUT2D eigenvalue weighted by Crippen LogP contribution is -1.84. The van der Waals surface area contributed by atoms with E-state index in [2.05, 4.69) is 19.9 Å². The summed E-state index contributed by atoms with van der Waals surface area (Å²) in [5, 5.41) is 0. The number of aromatic amines is 1. The first-order chi connectivity index (χ1) is 7.83. The third-order valence-corrected chi connectivity index (χ3v) is 2.47.